The molecule has 214 valence electrons. The third-order valence-electron chi connectivity index (χ3n) is 7.28. The Morgan fingerprint density at radius 3 is 2.51 bits per heavy atom. The molecule has 1 aromatic heterocycles. The second-order valence-electron chi connectivity index (χ2n) is 10.4. The minimum Gasteiger partial charge on any atom is -0.431 e. The first-order chi connectivity index (χ1) is 19.6. The molecule has 2 atom stereocenters. The van der Waals surface area contributed by atoms with Crippen LogP contribution in [-0.2, 0) is 14.9 Å². The van der Waals surface area contributed by atoms with E-state index in [1.807, 2.05) is 87.5 Å². The number of carbonyl (C=O) groups is 2. The maximum Gasteiger partial charge on any atom is 0.308 e. The van der Waals surface area contributed by atoms with E-state index >= 15 is 0 Å². The summed E-state index contributed by atoms with van der Waals surface area (Å²) in [6.07, 6.45) is -0.622. The van der Waals surface area contributed by atoms with E-state index in [9.17, 15) is 14.0 Å². The molecule has 4 rings (SSSR count). The first-order valence-electron chi connectivity index (χ1n) is 13.6. The van der Waals surface area contributed by atoms with Crippen LogP contribution in [0.25, 0.3) is 22.2 Å². The average Bonchev–Trinajstić information content (AvgIpc) is 2.95. The van der Waals surface area contributed by atoms with E-state index in [4.69, 9.17) is 21.3 Å². The van der Waals surface area contributed by atoms with Gasteiger partial charge in [-0.25, -0.2) is 9.37 Å². The fourth-order valence-corrected chi connectivity index (χ4v) is 5.72. The standard InChI is InChI=1S/C33H33BrClFN2O3/c1-4-10-28(36)41-29(39)17-18-33(3,25-13-8-9-14-26(25)35)20-37-32(40)30-21(2)31(22-11-6-5-7-12-22)38-27-16-15-23(34)19-24(27)30/h5-9,11-16,19,28H,4,10,17-18,20H2,1-3H3,(H,37,40). The lowest BCUT2D eigenvalue weighted by atomic mass is 9.78. The fraction of sp³-hybridized carbons (Fsp3) is 0.303. The molecular formula is C33H33BrClFN2O3. The van der Waals surface area contributed by atoms with Crippen LogP contribution in [0.3, 0.4) is 0 Å². The zero-order valence-electron chi connectivity index (χ0n) is 23.3. The SMILES string of the molecule is CCCC(F)OC(=O)CCC(C)(CNC(=O)c1c(C)c(-c2ccccc2)nc2ccc(Br)cc12)c1ccccc1Cl. The van der Waals surface area contributed by atoms with E-state index in [1.165, 1.54) is 0 Å². The number of amides is 1. The van der Waals surface area contributed by atoms with Crippen molar-refractivity contribution in [2.75, 3.05) is 6.54 Å². The molecular weight excluding hydrogens is 607 g/mol. The number of hydrogen-bond acceptors (Lipinski definition) is 4. The van der Waals surface area contributed by atoms with Gasteiger partial charge in [-0.15, -0.1) is 0 Å². The Balaban J connectivity index is 1.66. The van der Waals surface area contributed by atoms with Gasteiger partial charge in [0.2, 0.25) is 6.36 Å². The number of nitrogens with one attached hydrogen (secondary N) is 1. The number of alkyl halides is 1. The van der Waals surface area contributed by atoms with Crippen LogP contribution in [0, 0.1) is 6.92 Å². The normalized spacial score (nSPS) is 13.4. The van der Waals surface area contributed by atoms with Crippen LogP contribution in [0.1, 0.15) is 61.0 Å². The lowest BCUT2D eigenvalue weighted by molar-refractivity contribution is -0.158. The number of esters is 1. The summed E-state index contributed by atoms with van der Waals surface area (Å²) < 4.78 is 19.7. The topological polar surface area (TPSA) is 68.3 Å². The van der Waals surface area contributed by atoms with Crippen molar-refractivity contribution in [1.82, 2.24) is 10.3 Å². The van der Waals surface area contributed by atoms with Crippen LogP contribution >= 0.6 is 27.5 Å². The van der Waals surface area contributed by atoms with E-state index in [0.717, 1.165) is 32.2 Å². The van der Waals surface area contributed by atoms with Gasteiger partial charge in [0, 0.05) is 45.2 Å². The third kappa shape index (κ3) is 7.32. The summed E-state index contributed by atoms with van der Waals surface area (Å²) in [6, 6.07) is 22.8. The summed E-state index contributed by atoms with van der Waals surface area (Å²) in [5, 5.41) is 4.36. The number of fused-ring (bicyclic) bond motifs is 1. The largest absolute Gasteiger partial charge is 0.431 e. The van der Waals surface area contributed by atoms with Crippen molar-refractivity contribution in [2.24, 2.45) is 0 Å². The van der Waals surface area contributed by atoms with Gasteiger partial charge in [0.15, 0.2) is 0 Å². The highest BCUT2D eigenvalue weighted by atomic mass is 79.9. The third-order valence-corrected chi connectivity index (χ3v) is 8.11. The van der Waals surface area contributed by atoms with E-state index in [0.29, 0.717) is 28.9 Å². The zero-order valence-corrected chi connectivity index (χ0v) is 25.7. The zero-order chi connectivity index (χ0) is 29.6. The number of ether oxygens (including phenoxy) is 1. The predicted molar refractivity (Wildman–Crippen MR) is 166 cm³/mol. The van der Waals surface area contributed by atoms with Crippen LogP contribution in [0.2, 0.25) is 5.02 Å². The van der Waals surface area contributed by atoms with Gasteiger partial charge in [-0.2, -0.15) is 0 Å². The molecule has 0 saturated carbocycles. The molecule has 4 aromatic rings. The van der Waals surface area contributed by atoms with E-state index in [1.54, 1.807) is 6.07 Å². The molecule has 5 nitrogen and oxygen atoms in total. The first-order valence-corrected chi connectivity index (χ1v) is 14.8. The summed E-state index contributed by atoms with van der Waals surface area (Å²) in [5.41, 5.74) is 3.68. The van der Waals surface area contributed by atoms with Gasteiger partial charge in [0.05, 0.1) is 16.8 Å². The van der Waals surface area contributed by atoms with Crippen molar-refractivity contribution < 1.29 is 18.7 Å². The van der Waals surface area contributed by atoms with Gasteiger partial charge in [-0.05, 0) is 55.2 Å². The van der Waals surface area contributed by atoms with Gasteiger partial charge in [0.1, 0.15) is 0 Å². The van der Waals surface area contributed by atoms with Gasteiger partial charge in [-0.3, -0.25) is 9.59 Å². The Morgan fingerprint density at radius 1 is 1.10 bits per heavy atom. The molecule has 0 radical (unpaired) electrons. The van der Waals surface area contributed by atoms with Gasteiger partial charge < -0.3 is 10.1 Å². The first kappa shape index (κ1) is 30.7. The molecule has 0 aliphatic rings. The quantitative estimate of drug-likeness (QED) is 0.167. The summed E-state index contributed by atoms with van der Waals surface area (Å²) in [7, 11) is 0. The number of pyridine rings is 1. The van der Waals surface area contributed by atoms with E-state index in [-0.39, 0.29) is 25.3 Å². The molecule has 2 unspecified atom stereocenters. The van der Waals surface area contributed by atoms with Crippen molar-refractivity contribution in [1.29, 1.82) is 0 Å². The molecule has 8 heteroatoms. The molecule has 0 fully saturated rings. The maximum absolute atomic E-state index is 14.0. The highest BCUT2D eigenvalue weighted by Gasteiger charge is 2.31. The summed E-state index contributed by atoms with van der Waals surface area (Å²) >= 11 is 10.1. The molecule has 1 amide bonds. The van der Waals surface area contributed by atoms with Gasteiger partial charge in [0.25, 0.3) is 5.91 Å². The highest BCUT2D eigenvalue weighted by Crippen LogP contribution is 2.35. The number of hydrogen-bond donors (Lipinski definition) is 1. The average molecular weight is 640 g/mol. The number of halogens is 3. The fourth-order valence-electron chi connectivity index (χ4n) is 5.00. The van der Waals surface area contributed by atoms with Crippen LogP contribution in [-0.4, -0.2) is 29.8 Å². The molecule has 41 heavy (non-hydrogen) atoms. The molecule has 1 N–H and O–H groups in total. The number of aromatic nitrogens is 1. The second kappa shape index (κ2) is 13.6. The molecule has 3 aromatic carbocycles. The molecule has 0 saturated heterocycles. The molecule has 1 heterocycles. The van der Waals surface area contributed by atoms with Crippen molar-refractivity contribution in [3.63, 3.8) is 0 Å². The van der Waals surface area contributed by atoms with Crippen LogP contribution < -0.4 is 5.32 Å². The minimum atomic E-state index is -1.63. The Hall–Kier alpha value is -3.29. The van der Waals surface area contributed by atoms with Crippen LogP contribution in [0.15, 0.2) is 77.3 Å². The number of carbonyl (C=O) groups excluding carboxylic acids is 2. The molecule has 0 aliphatic carbocycles. The Bertz CT molecular complexity index is 1550. The summed E-state index contributed by atoms with van der Waals surface area (Å²) in [4.78, 5) is 31.3. The lowest BCUT2D eigenvalue weighted by Crippen LogP contribution is -2.40. The maximum atomic E-state index is 14.0. The highest BCUT2D eigenvalue weighted by molar-refractivity contribution is 9.10. The lowest BCUT2D eigenvalue weighted by Gasteiger charge is -2.31. The number of rotatable bonds is 11. The van der Waals surface area contributed by atoms with Crippen LogP contribution in [0.4, 0.5) is 4.39 Å². The van der Waals surface area contributed by atoms with E-state index in [2.05, 4.69) is 21.2 Å². The van der Waals surface area contributed by atoms with Crippen molar-refractivity contribution in [2.45, 2.75) is 58.2 Å². The van der Waals surface area contributed by atoms with Crippen molar-refractivity contribution in [3.05, 3.63) is 99.0 Å². The minimum absolute atomic E-state index is 0.0238. The van der Waals surface area contributed by atoms with Gasteiger partial charge in [-0.1, -0.05) is 89.9 Å². The number of nitrogens with zero attached hydrogens (tertiary/aromatic N) is 1. The van der Waals surface area contributed by atoms with Crippen LogP contribution in [0.5, 0.6) is 0 Å². The van der Waals surface area contributed by atoms with Gasteiger partial charge >= 0.3 is 5.97 Å². The summed E-state index contributed by atoms with van der Waals surface area (Å²) in [5.74, 6) is -0.887. The molecule has 0 spiro atoms. The Kier molecular flexibility index (Phi) is 10.2. The Labute approximate surface area is 253 Å². The van der Waals surface area contributed by atoms with E-state index < -0.39 is 17.7 Å². The monoisotopic (exact) mass is 638 g/mol. The van der Waals surface area contributed by atoms with Crippen molar-refractivity contribution in [3.8, 4) is 11.3 Å². The van der Waals surface area contributed by atoms with Crippen molar-refractivity contribution >= 4 is 50.3 Å². The number of benzene rings is 3. The Morgan fingerprint density at radius 2 is 1.80 bits per heavy atom. The predicted octanol–water partition coefficient (Wildman–Crippen LogP) is 8.73. The summed E-state index contributed by atoms with van der Waals surface area (Å²) in [6.45, 7) is 5.85. The molecule has 0 bridgehead atoms. The second-order valence-corrected chi connectivity index (χ2v) is 11.7. The smallest absolute Gasteiger partial charge is 0.308 e. The molecule has 0 aliphatic heterocycles.